The molecule has 3 rings (SSSR count). The van der Waals surface area contributed by atoms with Gasteiger partial charge >= 0.3 is 0 Å². The highest BCUT2D eigenvalue weighted by Crippen LogP contribution is 2.39. The Hall–Kier alpha value is -2.77. The molecule has 0 bridgehead atoms. The zero-order valence-electron chi connectivity index (χ0n) is 20.5. The average molecular weight is 456 g/mol. The molecule has 1 heterocycles. The topological polar surface area (TPSA) is 63.3 Å². The Labute approximate surface area is 197 Å². The molecule has 1 fully saturated rings. The van der Waals surface area contributed by atoms with Crippen molar-refractivity contribution < 1.29 is 19.0 Å². The van der Waals surface area contributed by atoms with E-state index in [4.69, 9.17) is 14.2 Å². The van der Waals surface area contributed by atoms with Crippen LogP contribution in [0.4, 0.5) is 5.69 Å². The second-order valence-corrected chi connectivity index (χ2v) is 8.73. The lowest BCUT2D eigenvalue weighted by atomic mass is 10.0. The third-order valence-electron chi connectivity index (χ3n) is 6.12. The minimum absolute atomic E-state index is 0.0306. The zero-order valence-corrected chi connectivity index (χ0v) is 20.5. The van der Waals surface area contributed by atoms with Crippen molar-refractivity contribution in [3.8, 4) is 17.2 Å². The smallest absolute Gasteiger partial charge is 0.225 e. The van der Waals surface area contributed by atoms with Crippen molar-refractivity contribution >= 4 is 11.6 Å². The molecule has 0 atom stereocenters. The van der Waals surface area contributed by atoms with Gasteiger partial charge in [0.05, 0.1) is 21.3 Å². The van der Waals surface area contributed by atoms with E-state index in [0.717, 1.165) is 39.3 Å². The lowest BCUT2D eigenvalue weighted by molar-refractivity contribution is -0.116. The van der Waals surface area contributed by atoms with E-state index in [-0.39, 0.29) is 5.91 Å². The number of methoxy groups -OCH3 is 3. The molecule has 0 radical (unpaired) electrons. The monoisotopic (exact) mass is 455 g/mol. The summed E-state index contributed by atoms with van der Waals surface area (Å²) in [7, 11) is 4.67. The Balaban J connectivity index is 1.44. The first-order valence-corrected chi connectivity index (χ1v) is 11.6. The highest BCUT2D eigenvalue weighted by Gasteiger charge is 2.19. The minimum atomic E-state index is -0.0306. The summed E-state index contributed by atoms with van der Waals surface area (Å²) in [6.07, 6.45) is 0.438. The van der Waals surface area contributed by atoms with Crippen molar-refractivity contribution in [3.63, 3.8) is 0 Å². The number of ether oxygens (including phenoxy) is 3. The Morgan fingerprint density at radius 3 is 2.00 bits per heavy atom. The van der Waals surface area contributed by atoms with Crippen LogP contribution in [-0.2, 0) is 11.3 Å². The van der Waals surface area contributed by atoms with E-state index in [1.165, 1.54) is 11.1 Å². The third-order valence-corrected chi connectivity index (χ3v) is 6.12. The summed E-state index contributed by atoms with van der Waals surface area (Å²) in [6.45, 7) is 10.1. The molecule has 7 nitrogen and oxygen atoms in total. The number of anilines is 1. The van der Waals surface area contributed by atoms with E-state index in [1.54, 1.807) is 33.5 Å². The van der Waals surface area contributed by atoms with Gasteiger partial charge in [0, 0.05) is 63.5 Å². The molecule has 0 aromatic heterocycles. The van der Waals surface area contributed by atoms with Crippen LogP contribution in [-0.4, -0.2) is 69.8 Å². The second-order valence-electron chi connectivity index (χ2n) is 8.73. The number of nitrogens with one attached hydrogen (secondary N) is 1. The van der Waals surface area contributed by atoms with Crippen molar-refractivity contribution in [2.75, 3.05) is 59.4 Å². The molecule has 0 saturated carbocycles. The number of rotatable bonds is 10. The first kappa shape index (κ1) is 24.9. The van der Waals surface area contributed by atoms with Crippen LogP contribution in [0.2, 0.25) is 0 Å². The molecule has 0 unspecified atom stereocenters. The molecule has 2 aromatic carbocycles. The predicted molar refractivity (Wildman–Crippen MR) is 132 cm³/mol. The second kappa shape index (κ2) is 11.9. The van der Waals surface area contributed by atoms with Gasteiger partial charge in [-0.05, 0) is 17.0 Å². The lowest BCUT2D eigenvalue weighted by Crippen LogP contribution is -2.46. The van der Waals surface area contributed by atoms with E-state index >= 15 is 0 Å². The summed E-state index contributed by atoms with van der Waals surface area (Å²) in [5.74, 6) is 2.07. The molecule has 1 N–H and O–H groups in total. The molecule has 33 heavy (non-hydrogen) atoms. The Kier molecular flexibility index (Phi) is 8.97. The minimum Gasteiger partial charge on any atom is -0.493 e. The first-order valence-electron chi connectivity index (χ1n) is 11.6. The fraction of sp³-hybridized carbons (Fsp3) is 0.500. The number of hydrogen-bond donors (Lipinski definition) is 1. The van der Waals surface area contributed by atoms with E-state index in [9.17, 15) is 4.79 Å². The van der Waals surface area contributed by atoms with E-state index in [2.05, 4.69) is 53.2 Å². The normalized spacial score (nSPS) is 14.8. The Bertz CT molecular complexity index is 881. The van der Waals surface area contributed by atoms with E-state index in [0.29, 0.717) is 35.3 Å². The lowest BCUT2D eigenvalue weighted by Gasteiger charge is -2.34. The Morgan fingerprint density at radius 2 is 1.48 bits per heavy atom. The van der Waals surface area contributed by atoms with Crippen LogP contribution in [0.15, 0.2) is 36.4 Å². The Morgan fingerprint density at radius 1 is 0.909 bits per heavy atom. The maximum atomic E-state index is 12.5. The van der Waals surface area contributed by atoms with Crippen molar-refractivity contribution in [3.05, 3.63) is 47.5 Å². The molecule has 1 amide bonds. The highest BCUT2D eigenvalue weighted by atomic mass is 16.5. The van der Waals surface area contributed by atoms with Gasteiger partial charge in [-0.15, -0.1) is 0 Å². The summed E-state index contributed by atoms with van der Waals surface area (Å²) in [4.78, 5) is 17.4. The number of hydrogen-bond acceptors (Lipinski definition) is 6. The molecular weight excluding hydrogens is 418 g/mol. The summed E-state index contributed by atoms with van der Waals surface area (Å²) >= 11 is 0. The van der Waals surface area contributed by atoms with Crippen molar-refractivity contribution in [1.82, 2.24) is 9.80 Å². The summed E-state index contributed by atoms with van der Waals surface area (Å²) < 4.78 is 16.0. The van der Waals surface area contributed by atoms with Crippen LogP contribution in [0.1, 0.15) is 37.3 Å². The van der Waals surface area contributed by atoms with Gasteiger partial charge in [0.15, 0.2) is 11.5 Å². The van der Waals surface area contributed by atoms with Crippen LogP contribution in [0.25, 0.3) is 0 Å². The fourth-order valence-electron chi connectivity index (χ4n) is 4.07. The molecule has 0 aliphatic carbocycles. The molecule has 1 saturated heterocycles. The van der Waals surface area contributed by atoms with Crippen LogP contribution in [0.3, 0.4) is 0 Å². The molecule has 7 heteroatoms. The molecule has 1 aliphatic heterocycles. The SMILES string of the molecule is COc1cc(NC(=O)CCN2CCN(Cc3ccc(C(C)C)cc3)CC2)cc(OC)c1OC. The maximum Gasteiger partial charge on any atom is 0.225 e. The van der Waals surface area contributed by atoms with Crippen LogP contribution < -0.4 is 19.5 Å². The number of amides is 1. The van der Waals surface area contributed by atoms with Crippen LogP contribution in [0, 0.1) is 0 Å². The first-order chi connectivity index (χ1) is 15.9. The quantitative estimate of drug-likeness (QED) is 0.585. The average Bonchev–Trinajstić information content (AvgIpc) is 2.83. The van der Waals surface area contributed by atoms with Gasteiger partial charge in [0.1, 0.15) is 0 Å². The molecular formula is C26H37N3O4. The number of benzene rings is 2. The van der Waals surface area contributed by atoms with Gasteiger partial charge in [-0.3, -0.25) is 9.69 Å². The third kappa shape index (κ3) is 6.85. The van der Waals surface area contributed by atoms with Gasteiger partial charge < -0.3 is 24.4 Å². The van der Waals surface area contributed by atoms with Gasteiger partial charge in [0.2, 0.25) is 11.7 Å². The highest BCUT2D eigenvalue weighted by molar-refractivity contribution is 5.91. The number of carbonyl (C=O) groups excluding carboxylic acids is 1. The number of carbonyl (C=O) groups is 1. The summed E-state index contributed by atoms with van der Waals surface area (Å²) in [5, 5.41) is 2.94. The standard InChI is InChI=1S/C26H37N3O4/c1-19(2)21-8-6-20(7-9-21)18-29-14-12-28(13-15-29)11-10-25(30)27-22-16-23(31-3)26(33-5)24(17-22)32-4/h6-9,16-17,19H,10-15,18H2,1-5H3,(H,27,30). The maximum absolute atomic E-state index is 12.5. The molecule has 180 valence electrons. The van der Waals surface area contributed by atoms with Crippen molar-refractivity contribution in [1.29, 1.82) is 0 Å². The molecule has 2 aromatic rings. The predicted octanol–water partition coefficient (Wildman–Crippen LogP) is 3.98. The fourth-order valence-corrected chi connectivity index (χ4v) is 4.07. The molecule has 1 aliphatic rings. The number of nitrogens with zero attached hydrogens (tertiary/aromatic N) is 2. The summed E-state index contributed by atoms with van der Waals surface area (Å²) in [5.41, 5.74) is 3.37. The van der Waals surface area contributed by atoms with Crippen molar-refractivity contribution in [2.45, 2.75) is 32.7 Å². The van der Waals surface area contributed by atoms with Gasteiger partial charge in [-0.2, -0.15) is 0 Å². The number of piperazine rings is 1. The van der Waals surface area contributed by atoms with E-state index < -0.39 is 0 Å². The van der Waals surface area contributed by atoms with Crippen LogP contribution in [0.5, 0.6) is 17.2 Å². The van der Waals surface area contributed by atoms with Crippen molar-refractivity contribution in [2.24, 2.45) is 0 Å². The van der Waals surface area contributed by atoms with Gasteiger partial charge in [0.25, 0.3) is 0 Å². The van der Waals surface area contributed by atoms with E-state index in [1.807, 2.05) is 0 Å². The van der Waals surface area contributed by atoms with Crippen LogP contribution >= 0.6 is 0 Å². The zero-order chi connectivity index (χ0) is 23.8. The summed E-state index contributed by atoms with van der Waals surface area (Å²) in [6, 6.07) is 12.5. The largest absolute Gasteiger partial charge is 0.493 e. The van der Waals surface area contributed by atoms with Gasteiger partial charge in [-0.25, -0.2) is 0 Å². The van der Waals surface area contributed by atoms with Gasteiger partial charge in [-0.1, -0.05) is 38.1 Å². The molecule has 0 spiro atoms.